The van der Waals surface area contributed by atoms with E-state index < -0.39 is 0 Å². The lowest BCUT2D eigenvalue weighted by Crippen LogP contribution is -2.01. The van der Waals surface area contributed by atoms with E-state index in [2.05, 4.69) is 226 Å². The summed E-state index contributed by atoms with van der Waals surface area (Å²) in [6.07, 6.45) is 1.89. The van der Waals surface area contributed by atoms with Crippen LogP contribution in [-0.4, -0.2) is 23.7 Å². The summed E-state index contributed by atoms with van der Waals surface area (Å²) in [5, 5.41) is 7.18. The number of aromatic nitrogens is 5. The van der Waals surface area contributed by atoms with Crippen LogP contribution >= 0.6 is 0 Å². The van der Waals surface area contributed by atoms with Crippen LogP contribution in [0.1, 0.15) is 0 Å². The summed E-state index contributed by atoms with van der Waals surface area (Å²) >= 11 is 0. The van der Waals surface area contributed by atoms with E-state index in [4.69, 9.17) is 9.97 Å². The first-order valence-corrected chi connectivity index (χ1v) is 21.4. The Labute approximate surface area is 363 Å². The van der Waals surface area contributed by atoms with Crippen molar-refractivity contribution in [2.24, 2.45) is 0 Å². The fraction of sp³-hybridized carbons (Fsp3) is 0. The van der Waals surface area contributed by atoms with Crippen LogP contribution in [0.15, 0.2) is 225 Å². The van der Waals surface area contributed by atoms with Crippen LogP contribution in [-0.2, 0) is 0 Å². The second-order valence-electron chi connectivity index (χ2n) is 16.2. The zero-order valence-corrected chi connectivity index (χ0v) is 34.1. The molecule has 0 amide bonds. The molecule has 63 heavy (non-hydrogen) atoms. The Hall–Kier alpha value is -8.54. The predicted molar refractivity (Wildman–Crippen MR) is 261 cm³/mol. The van der Waals surface area contributed by atoms with Crippen molar-refractivity contribution in [2.75, 3.05) is 0 Å². The second kappa shape index (κ2) is 14.0. The zero-order chi connectivity index (χ0) is 41.4. The van der Waals surface area contributed by atoms with Crippen LogP contribution < -0.4 is 0 Å². The molecule has 13 aromatic rings. The lowest BCUT2D eigenvalue weighted by atomic mass is 10.0. The molecule has 0 saturated heterocycles. The van der Waals surface area contributed by atoms with Crippen LogP contribution in [0.5, 0.6) is 0 Å². The molecule has 0 unspecified atom stereocenters. The predicted octanol–water partition coefficient (Wildman–Crippen LogP) is 14.8. The first-order valence-electron chi connectivity index (χ1n) is 21.4. The van der Waals surface area contributed by atoms with Crippen molar-refractivity contribution in [1.82, 2.24) is 23.7 Å². The van der Waals surface area contributed by atoms with E-state index in [0.717, 1.165) is 55.5 Å². The van der Waals surface area contributed by atoms with Crippen LogP contribution in [0.3, 0.4) is 0 Å². The van der Waals surface area contributed by atoms with Crippen LogP contribution in [0.2, 0.25) is 0 Å². The summed E-state index contributed by atoms with van der Waals surface area (Å²) < 4.78 is 6.94. The number of para-hydroxylation sites is 4. The molecule has 0 spiro atoms. The minimum Gasteiger partial charge on any atom is -0.309 e. The van der Waals surface area contributed by atoms with Crippen molar-refractivity contribution >= 4 is 65.4 Å². The van der Waals surface area contributed by atoms with Gasteiger partial charge in [0.1, 0.15) is 0 Å². The van der Waals surface area contributed by atoms with Gasteiger partial charge in [-0.15, -0.1) is 0 Å². The fourth-order valence-electron chi connectivity index (χ4n) is 9.84. The second-order valence-corrected chi connectivity index (χ2v) is 16.2. The fourth-order valence-corrected chi connectivity index (χ4v) is 9.84. The van der Waals surface area contributed by atoms with Crippen molar-refractivity contribution in [3.8, 4) is 50.8 Å². The van der Waals surface area contributed by atoms with E-state index in [9.17, 15) is 0 Å². The van der Waals surface area contributed by atoms with Gasteiger partial charge in [-0.1, -0.05) is 127 Å². The Morgan fingerprint density at radius 1 is 0.270 bits per heavy atom. The molecule has 4 aromatic heterocycles. The first-order chi connectivity index (χ1) is 31.2. The molecule has 0 aliphatic rings. The van der Waals surface area contributed by atoms with E-state index in [0.29, 0.717) is 5.95 Å². The van der Waals surface area contributed by atoms with Gasteiger partial charge >= 0.3 is 0 Å². The molecule has 294 valence electrons. The normalized spacial score (nSPS) is 11.8. The maximum Gasteiger partial charge on any atom is 0.235 e. The first kappa shape index (κ1) is 35.2. The molecule has 0 fully saturated rings. The van der Waals surface area contributed by atoms with Gasteiger partial charge < -0.3 is 9.13 Å². The molecule has 5 nitrogen and oxygen atoms in total. The average Bonchev–Trinajstić information content (AvgIpc) is 3.99. The summed E-state index contributed by atoms with van der Waals surface area (Å²) in [7, 11) is 0. The standard InChI is InChI=1S/C58H37N5/c1-4-14-38(15-5-1)39-24-28-55-49(34-39)50-37-42(27-31-56(50)62(55)44-18-8-3-9-19-44)51-32-33-59-58(60-51)63-53-23-13-11-21-46(53)48-36-41(26-30-57(48)63)40-25-29-54-47(35-40)45-20-10-12-22-52(45)61(54)43-16-6-2-7-17-43/h1-37H. The molecule has 13 rings (SSSR count). The number of fused-ring (bicyclic) bond motifs is 9. The molecule has 9 aromatic carbocycles. The molecule has 0 radical (unpaired) electrons. The topological polar surface area (TPSA) is 40.6 Å². The molecular weight excluding hydrogens is 767 g/mol. The van der Waals surface area contributed by atoms with E-state index >= 15 is 0 Å². The number of benzene rings is 9. The lowest BCUT2D eigenvalue weighted by Gasteiger charge is -2.10. The van der Waals surface area contributed by atoms with Gasteiger partial charge in [-0.25, -0.2) is 9.97 Å². The highest BCUT2D eigenvalue weighted by atomic mass is 15.2. The van der Waals surface area contributed by atoms with Crippen LogP contribution in [0, 0.1) is 0 Å². The smallest absolute Gasteiger partial charge is 0.235 e. The number of hydrogen-bond donors (Lipinski definition) is 0. The third-order valence-electron chi connectivity index (χ3n) is 12.7. The van der Waals surface area contributed by atoms with Gasteiger partial charge in [0.15, 0.2) is 0 Å². The van der Waals surface area contributed by atoms with E-state index in [-0.39, 0.29) is 0 Å². The molecule has 5 heteroatoms. The third kappa shape index (κ3) is 5.57. The average molecular weight is 804 g/mol. The van der Waals surface area contributed by atoms with Crippen LogP contribution in [0.25, 0.3) is 116 Å². The Balaban J connectivity index is 0.939. The molecule has 4 heterocycles. The Bertz CT molecular complexity index is 3900. The van der Waals surface area contributed by atoms with Crippen molar-refractivity contribution in [3.05, 3.63) is 225 Å². The number of hydrogen-bond acceptors (Lipinski definition) is 2. The Kier molecular flexibility index (Phi) is 7.84. The van der Waals surface area contributed by atoms with E-state index in [1.807, 2.05) is 12.3 Å². The Morgan fingerprint density at radius 2 is 0.651 bits per heavy atom. The highest BCUT2D eigenvalue weighted by Gasteiger charge is 2.19. The van der Waals surface area contributed by atoms with Gasteiger partial charge in [0.25, 0.3) is 0 Å². The van der Waals surface area contributed by atoms with Crippen molar-refractivity contribution in [3.63, 3.8) is 0 Å². The quantitative estimate of drug-likeness (QED) is 0.168. The van der Waals surface area contributed by atoms with Gasteiger partial charge in [-0.3, -0.25) is 4.57 Å². The molecule has 0 aliphatic carbocycles. The van der Waals surface area contributed by atoms with Gasteiger partial charge in [-0.05, 0) is 113 Å². The monoisotopic (exact) mass is 803 g/mol. The summed E-state index contributed by atoms with van der Waals surface area (Å²) in [5.74, 6) is 0.639. The minimum atomic E-state index is 0.639. The molecule has 0 bridgehead atoms. The van der Waals surface area contributed by atoms with Gasteiger partial charge in [-0.2, -0.15) is 0 Å². The minimum absolute atomic E-state index is 0.639. The molecular formula is C58H37N5. The summed E-state index contributed by atoms with van der Waals surface area (Å²) in [4.78, 5) is 10.2. The van der Waals surface area contributed by atoms with E-state index in [1.54, 1.807) is 0 Å². The highest BCUT2D eigenvalue weighted by Crippen LogP contribution is 2.40. The Morgan fingerprint density at radius 3 is 1.19 bits per heavy atom. The molecule has 0 N–H and O–H groups in total. The van der Waals surface area contributed by atoms with Gasteiger partial charge in [0, 0.05) is 55.5 Å². The zero-order valence-electron chi connectivity index (χ0n) is 34.1. The molecule has 0 atom stereocenters. The van der Waals surface area contributed by atoms with Crippen molar-refractivity contribution in [1.29, 1.82) is 0 Å². The van der Waals surface area contributed by atoms with Gasteiger partial charge in [0.05, 0.1) is 38.8 Å². The van der Waals surface area contributed by atoms with E-state index in [1.165, 1.54) is 54.8 Å². The summed E-state index contributed by atoms with van der Waals surface area (Å²) in [5.41, 5.74) is 15.8. The lowest BCUT2D eigenvalue weighted by molar-refractivity contribution is 0.992. The number of rotatable bonds is 6. The SMILES string of the molecule is c1ccc(-c2ccc3c(c2)c2cc(-c4ccnc(-n5c6ccccc6c6cc(-c7ccc8c(c7)c7ccccc7n8-c7ccccc7)ccc65)n4)ccc2n3-c2ccccc2)cc1. The third-order valence-corrected chi connectivity index (χ3v) is 12.7. The summed E-state index contributed by atoms with van der Waals surface area (Å²) in [6.45, 7) is 0. The number of nitrogens with zero attached hydrogens (tertiary/aromatic N) is 5. The highest BCUT2D eigenvalue weighted by molar-refractivity contribution is 6.13. The van der Waals surface area contributed by atoms with Gasteiger partial charge in [0.2, 0.25) is 5.95 Å². The maximum atomic E-state index is 5.32. The van der Waals surface area contributed by atoms with Crippen LogP contribution in [0.4, 0.5) is 0 Å². The summed E-state index contributed by atoms with van der Waals surface area (Å²) in [6, 6.07) is 78.4. The maximum absolute atomic E-state index is 5.32. The van der Waals surface area contributed by atoms with Crippen molar-refractivity contribution < 1.29 is 0 Å². The molecule has 0 aliphatic heterocycles. The largest absolute Gasteiger partial charge is 0.309 e. The molecule has 0 saturated carbocycles. The van der Waals surface area contributed by atoms with Crippen molar-refractivity contribution in [2.45, 2.75) is 0 Å².